The van der Waals surface area contributed by atoms with Gasteiger partial charge >= 0.3 is 0 Å². The zero-order chi connectivity index (χ0) is 30.7. The van der Waals surface area contributed by atoms with E-state index in [0.29, 0.717) is 67.2 Å². The molecule has 228 valence electrons. The third-order valence-corrected chi connectivity index (χ3v) is 8.16. The fourth-order valence-corrected chi connectivity index (χ4v) is 5.99. The number of rotatable bonds is 13. The van der Waals surface area contributed by atoms with Crippen molar-refractivity contribution in [2.24, 2.45) is 0 Å². The molecule has 0 aliphatic carbocycles. The van der Waals surface area contributed by atoms with E-state index in [1.54, 1.807) is 12.4 Å². The molecule has 0 bridgehead atoms. The molecule has 1 aromatic carbocycles. The highest BCUT2D eigenvalue weighted by atomic mass is 127. The topological polar surface area (TPSA) is 103 Å². The SMILES string of the molecule is CC(C)(C)OC=O.CCOCCOCCn1cc(-c2nn(PI)c3ccc(O[C@H](C)c4c(Cl)cncc4Cl)cc23)cn1. The maximum atomic E-state index is 9.60. The van der Waals surface area contributed by atoms with Crippen LogP contribution in [0.2, 0.25) is 10.0 Å². The van der Waals surface area contributed by atoms with Crippen LogP contribution in [0.3, 0.4) is 0 Å². The minimum atomic E-state index is -0.356. The summed E-state index contributed by atoms with van der Waals surface area (Å²) in [6.45, 7) is 12.9. The second-order valence-corrected chi connectivity index (χ2v) is 12.8. The smallest absolute Gasteiger partial charge is 0.293 e. The normalized spacial score (nSPS) is 12.4. The summed E-state index contributed by atoms with van der Waals surface area (Å²) in [4.78, 5) is 13.6. The summed E-state index contributed by atoms with van der Waals surface area (Å²) in [7, 11) is 0. The molecule has 0 fully saturated rings. The van der Waals surface area contributed by atoms with Crippen LogP contribution >= 0.6 is 51.6 Å². The van der Waals surface area contributed by atoms with Crippen molar-refractivity contribution in [3.8, 4) is 17.0 Å². The van der Waals surface area contributed by atoms with Crippen molar-refractivity contribution in [1.82, 2.24) is 24.3 Å². The van der Waals surface area contributed by atoms with Gasteiger partial charge in [-0.2, -0.15) is 10.2 Å². The molecule has 0 aliphatic rings. The van der Waals surface area contributed by atoms with Gasteiger partial charge in [0.25, 0.3) is 6.47 Å². The van der Waals surface area contributed by atoms with Crippen molar-refractivity contribution in [1.29, 1.82) is 0 Å². The third kappa shape index (κ3) is 10.0. The van der Waals surface area contributed by atoms with Crippen molar-refractivity contribution < 1.29 is 23.7 Å². The van der Waals surface area contributed by atoms with E-state index in [0.717, 1.165) is 22.2 Å². The van der Waals surface area contributed by atoms with Gasteiger partial charge in [0.05, 0.1) is 54.5 Å². The molecule has 2 atom stereocenters. The zero-order valence-electron chi connectivity index (χ0n) is 24.1. The van der Waals surface area contributed by atoms with Crippen molar-refractivity contribution in [2.75, 3.05) is 26.4 Å². The molecule has 42 heavy (non-hydrogen) atoms. The number of benzene rings is 1. The fraction of sp³-hybridized carbons (Fsp3) is 0.429. The molecular weight excluding hydrogens is 715 g/mol. The van der Waals surface area contributed by atoms with E-state index in [9.17, 15) is 4.79 Å². The summed E-state index contributed by atoms with van der Waals surface area (Å²) < 4.78 is 25.5. The number of carbonyl (C=O) groups is 1. The van der Waals surface area contributed by atoms with E-state index in [1.807, 2.05) is 74.3 Å². The minimum absolute atomic E-state index is 0.318. The lowest BCUT2D eigenvalue weighted by molar-refractivity contribution is -0.138. The van der Waals surface area contributed by atoms with Gasteiger partial charge in [0.2, 0.25) is 0 Å². The summed E-state index contributed by atoms with van der Waals surface area (Å²) in [6, 6.07) is 5.95. The Hall–Kier alpha value is -2.02. The molecule has 3 aromatic heterocycles. The van der Waals surface area contributed by atoms with E-state index in [-0.39, 0.29) is 11.7 Å². The Morgan fingerprint density at radius 1 is 1.10 bits per heavy atom. The Morgan fingerprint density at radius 2 is 1.81 bits per heavy atom. The minimum Gasteiger partial charge on any atom is -0.486 e. The average Bonchev–Trinajstić information content (AvgIpc) is 3.54. The van der Waals surface area contributed by atoms with Crippen LogP contribution in [-0.2, 0) is 25.5 Å². The van der Waals surface area contributed by atoms with Gasteiger partial charge in [0.1, 0.15) is 23.1 Å². The highest BCUT2D eigenvalue weighted by Crippen LogP contribution is 2.38. The van der Waals surface area contributed by atoms with Crippen LogP contribution in [0.1, 0.15) is 46.3 Å². The van der Waals surface area contributed by atoms with E-state index in [2.05, 4.69) is 36.9 Å². The lowest BCUT2D eigenvalue weighted by Gasteiger charge is -2.17. The Morgan fingerprint density at radius 3 is 2.43 bits per heavy atom. The Kier molecular flexibility index (Phi) is 13.7. The van der Waals surface area contributed by atoms with Crippen molar-refractivity contribution in [2.45, 2.75) is 52.9 Å². The molecule has 1 unspecified atom stereocenters. The predicted molar refractivity (Wildman–Crippen MR) is 176 cm³/mol. The number of ether oxygens (including phenoxy) is 4. The zero-order valence-corrected chi connectivity index (χ0v) is 28.8. The molecule has 0 saturated carbocycles. The van der Waals surface area contributed by atoms with Crippen LogP contribution in [0.15, 0.2) is 43.0 Å². The first-order chi connectivity index (χ1) is 20.1. The van der Waals surface area contributed by atoms with Crippen LogP contribution < -0.4 is 4.74 Å². The molecule has 4 rings (SSSR count). The van der Waals surface area contributed by atoms with E-state index in [4.69, 9.17) is 42.5 Å². The summed E-state index contributed by atoms with van der Waals surface area (Å²) in [6.07, 6.45) is 7.05. The maximum Gasteiger partial charge on any atom is 0.293 e. The lowest BCUT2D eigenvalue weighted by atomic mass is 10.1. The first kappa shape index (κ1) is 34.5. The highest BCUT2D eigenvalue weighted by molar-refractivity contribution is 14.2. The molecule has 0 amide bonds. The number of halogens is 3. The first-order valence-electron chi connectivity index (χ1n) is 13.2. The second-order valence-electron chi connectivity index (χ2n) is 9.93. The average molecular weight is 750 g/mol. The van der Waals surface area contributed by atoms with Gasteiger partial charge in [-0.25, -0.2) is 4.45 Å². The lowest BCUT2D eigenvalue weighted by Crippen LogP contribution is -2.17. The molecule has 0 spiro atoms. The van der Waals surface area contributed by atoms with E-state index >= 15 is 0 Å². The first-order valence-corrected chi connectivity index (χ1v) is 18.0. The largest absolute Gasteiger partial charge is 0.486 e. The standard InChI is InChI=1S/C23H25Cl2IN5O3P.C5H10O2/c1-3-32-8-9-33-7-6-30-14-16(11-28-30)23-18-10-17(4-5-21(18)31(29-23)35-26)34-15(2)22-19(24)12-27-13-20(22)25;1-5(2,3)7-4-6/h4-5,10-15,35H,3,6-9H2,1-2H3;4H,1-3H3/t15-;/m1./s1. The van der Waals surface area contributed by atoms with Crippen molar-refractivity contribution in [3.63, 3.8) is 0 Å². The van der Waals surface area contributed by atoms with Crippen LogP contribution in [0.5, 0.6) is 5.75 Å². The van der Waals surface area contributed by atoms with Gasteiger partial charge in [-0.05, 0) is 74.9 Å². The number of hydrogen-bond donors (Lipinski definition) is 0. The van der Waals surface area contributed by atoms with Crippen LogP contribution in [0.25, 0.3) is 22.2 Å². The molecular formula is C28H35Cl2IN5O5P. The van der Waals surface area contributed by atoms with Crippen molar-refractivity contribution >= 4 is 69.0 Å². The third-order valence-electron chi connectivity index (χ3n) is 5.69. The van der Waals surface area contributed by atoms with Crippen LogP contribution in [-0.4, -0.2) is 62.8 Å². The van der Waals surface area contributed by atoms with Crippen LogP contribution in [0.4, 0.5) is 0 Å². The monoisotopic (exact) mass is 749 g/mol. The highest BCUT2D eigenvalue weighted by Gasteiger charge is 2.19. The number of pyridine rings is 1. The van der Waals surface area contributed by atoms with Crippen molar-refractivity contribution in [3.05, 3.63) is 58.6 Å². The second kappa shape index (κ2) is 16.7. The van der Waals surface area contributed by atoms with Gasteiger partial charge in [-0.3, -0.25) is 14.5 Å². The number of carbonyl (C=O) groups excluding carboxylic acids is 1. The summed E-state index contributed by atoms with van der Waals surface area (Å²) in [5, 5.41) is 11.3. The molecule has 4 aromatic rings. The number of fused-ring (bicyclic) bond motifs is 1. The molecule has 0 radical (unpaired) electrons. The Labute approximate surface area is 270 Å². The number of hydrogen-bond acceptors (Lipinski definition) is 8. The molecule has 3 heterocycles. The van der Waals surface area contributed by atoms with Gasteiger partial charge in [-0.15, -0.1) is 0 Å². The summed E-state index contributed by atoms with van der Waals surface area (Å²) in [5.74, 6) is 0.696. The quantitative estimate of drug-likeness (QED) is 0.0598. The molecule has 14 heteroatoms. The maximum absolute atomic E-state index is 9.60. The van der Waals surface area contributed by atoms with E-state index in [1.165, 1.54) is 0 Å². The molecule has 0 N–H and O–H groups in total. The number of aromatic nitrogens is 5. The molecule has 10 nitrogen and oxygen atoms in total. The van der Waals surface area contributed by atoms with Gasteiger partial charge in [0.15, 0.2) is 0 Å². The Balaban J connectivity index is 0.000000616. The van der Waals surface area contributed by atoms with E-state index < -0.39 is 0 Å². The summed E-state index contributed by atoms with van der Waals surface area (Å²) in [5.41, 5.74) is 3.20. The fourth-order valence-electron chi connectivity index (χ4n) is 3.80. The summed E-state index contributed by atoms with van der Waals surface area (Å²) >= 11 is 15.0. The van der Waals surface area contributed by atoms with Gasteiger partial charge < -0.3 is 18.9 Å². The predicted octanol–water partition coefficient (Wildman–Crippen LogP) is 7.54. The molecule has 0 saturated heterocycles. The van der Waals surface area contributed by atoms with Gasteiger partial charge in [-0.1, -0.05) is 23.2 Å². The van der Waals surface area contributed by atoms with Crippen LogP contribution in [0, 0.1) is 0 Å². The number of nitrogens with zero attached hydrogens (tertiary/aromatic N) is 5. The Bertz CT molecular complexity index is 1430. The van der Waals surface area contributed by atoms with Gasteiger partial charge in [0, 0.05) is 41.7 Å². The molecule has 0 aliphatic heterocycles.